The maximum Gasteiger partial charge on any atom is 0.239 e. The van der Waals surface area contributed by atoms with Crippen LogP contribution in [0.15, 0.2) is 28.0 Å². The van der Waals surface area contributed by atoms with Gasteiger partial charge in [-0.05, 0) is 31.2 Å². The maximum absolute atomic E-state index is 11.4. The average molecular weight is 259 g/mol. The van der Waals surface area contributed by atoms with E-state index in [4.69, 9.17) is 9.88 Å². The van der Waals surface area contributed by atoms with Crippen molar-refractivity contribution in [3.8, 4) is 5.75 Å². The van der Waals surface area contributed by atoms with E-state index in [-0.39, 0.29) is 11.0 Å². The first-order valence-electron chi connectivity index (χ1n) is 4.88. The van der Waals surface area contributed by atoms with Crippen molar-refractivity contribution in [2.24, 2.45) is 5.14 Å². The molecule has 88 valence electrons. The summed E-state index contributed by atoms with van der Waals surface area (Å²) in [6, 6.07) is 5.00. The monoisotopic (exact) mass is 259 g/mol. The Labute approximate surface area is 99.2 Å². The Bertz CT molecular complexity index is 495. The lowest BCUT2D eigenvalue weighted by atomic mass is 10.3. The van der Waals surface area contributed by atoms with Crippen molar-refractivity contribution in [2.45, 2.75) is 28.7 Å². The minimum absolute atomic E-state index is 0.137. The van der Waals surface area contributed by atoms with Crippen LogP contribution in [0.3, 0.4) is 0 Å². The van der Waals surface area contributed by atoms with Crippen LogP contribution in [0.4, 0.5) is 0 Å². The third kappa shape index (κ3) is 2.69. The number of ether oxygens (including phenoxy) is 1. The highest BCUT2D eigenvalue weighted by Gasteiger charge is 2.24. The highest BCUT2D eigenvalue weighted by molar-refractivity contribution is 7.99. The number of primary sulfonamides is 1. The normalized spacial score (nSPS) is 16.1. The number of nitrogens with two attached hydrogens (primary N) is 1. The molecule has 0 saturated heterocycles. The molecule has 2 N–H and O–H groups in total. The quantitative estimate of drug-likeness (QED) is 0.834. The van der Waals surface area contributed by atoms with Crippen LogP contribution < -0.4 is 9.88 Å². The van der Waals surface area contributed by atoms with Gasteiger partial charge in [-0.3, -0.25) is 0 Å². The van der Waals surface area contributed by atoms with Crippen LogP contribution in [0.5, 0.6) is 5.75 Å². The zero-order valence-electron chi connectivity index (χ0n) is 8.84. The number of rotatable bonds is 4. The predicted molar refractivity (Wildman–Crippen MR) is 63.2 cm³/mol. The van der Waals surface area contributed by atoms with Gasteiger partial charge in [-0.1, -0.05) is 0 Å². The van der Waals surface area contributed by atoms with Gasteiger partial charge in [0, 0.05) is 11.0 Å². The van der Waals surface area contributed by atoms with Gasteiger partial charge in [0.25, 0.3) is 0 Å². The second-order valence-electron chi connectivity index (χ2n) is 3.67. The maximum atomic E-state index is 11.4. The SMILES string of the molecule is CSc1ccc(OC2CC2)cc1S(N)(=O)=O. The number of sulfonamides is 1. The van der Waals surface area contributed by atoms with Crippen LogP contribution in [-0.4, -0.2) is 20.8 Å². The minimum Gasteiger partial charge on any atom is -0.490 e. The van der Waals surface area contributed by atoms with Gasteiger partial charge in [-0.15, -0.1) is 11.8 Å². The summed E-state index contributed by atoms with van der Waals surface area (Å²) < 4.78 is 28.3. The van der Waals surface area contributed by atoms with Crippen molar-refractivity contribution in [2.75, 3.05) is 6.26 Å². The summed E-state index contributed by atoms with van der Waals surface area (Å²) in [4.78, 5) is 0.781. The molecule has 0 heterocycles. The van der Waals surface area contributed by atoms with Crippen LogP contribution in [0, 0.1) is 0 Å². The van der Waals surface area contributed by atoms with Gasteiger partial charge in [-0.2, -0.15) is 0 Å². The molecule has 0 amide bonds. The predicted octanol–water partition coefficient (Wildman–Crippen LogP) is 1.60. The summed E-state index contributed by atoms with van der Waals surface area (Å²) in [6.07, 6.45) is 4.13. The fraction of sp³-hybridized carbons (Fsp3) is 0.400. The van der Waals surface area contributed by atoms with Gasteiger partial charge in [0.05, 0.1) is 11.0 Å². The van der Waals surface area contributed by atoms with E-state index in [0.717, 1.165) is 12.8 Å². The zero-order valence-corrected chi connectivity index (χ0v) is 10.5. The van der Waals surface area contributed by atoms with Gasteiger partial charge < -0.3 is 4.74 Å². The molecule has 0 aromatic heterocycles. The van der Waals surface area contributed by atoms with Gasteiger partial charge in [0.1, 0.15) is 5.75 Å². The molecule has 1 aliphatic rings. The molecule has 0 radical (unpaired) electrons. The summed E-state index contributed by atoms with van der Waals surface area (Å²) in [7, 11) is -3.68. The molecular weight excluding hydrogens is 246 g/mol. The fourth-order valence-corrected chi connectivity index (χ4v) is 3.02. The third-order valence-corrected chi connectivity index (χ3v) is 4.14. The van der Waals surface area contributed by atoms with E-state index < -0.39 is 10.0 Å². The van der Waals surface area contributed by atoms with Gasteiger partial charge in [0.2, 0.25) is 10.0 Å². The third-order valence-electron chi connectivity index (χ3n) is 2.27. The van der Waals surface area contributed by atoms with Crippen molar-refractivity contribution < 1.29 is 13.2 Å². The van der Waals surface area contributed by atoms with Crippen molar-refractivity contribution in [3.05, 3.63) is 18.2 Å². The summed E-state index contributed by atoms with van der Waals surface area (Å²) >= 11 is 1.35. The molecule has 1 aliphatic carbocycles. The second-order valence-corrected chi connectivity index (χ2v) is 6.05. The summed E-state index contributed by atoms with van der Waals surface area (Å²) in [5.74, 6) is 0.573. The lowest BCUT2D eigenvalue weighted by Gasteiger charge is -2.09. The largest absolute Gasteiger partial charge is 0.490 e. The molecule has 0 bridgehead atoms. The van der Waals surface area contributed by atoms with E-state index in [1.807, 2.05) is 6.26 Å². The summed E-state index contributed by atoms with van der Waals surface area (Å²) in [6.45, 7) is 0. The molecule has 0 unspecified atom stereocenters. The van der Waals surface area contributed by atoms with E-state index >= 15 is 0 Å². The van der Waals surface area contributed by atoms with Crippen molar-refractivity contribution in [1.82, 2.24) is 0 Å². The van der Waals surface area contributed by atoms with Crippen LogP contribution in [-0.2, 0) is 10.0 Å². The molecule has 0 spiro atoms. The van der Waals surface area contributed by atoms with Crippen molar-refractivity contribution >= 4 is 21.8 Å². The number of hydrogen-bond acceptors (Lipinski definition) is 4. The first-order chi connectivity index (χ1) is 7.50. The molecule has 0 aliphatic heterocycles. The van der Waals surface area contributed by atoms with Crippen molar-refractivity contribution in [3.63, 3.8) is 0 Å². The molecule has 1 aromatic rings. The summed E-state index contributed by atoms with van der Waals surface area (Å²) in [5, 5.41) is 5.15. The van der Waals surface area contributed by atoms with Gasteiger partial charge in [0.15, 0.2) is 0 Å². The van der Waals surface area contributed by atoms with Gasteiger partial charge in [-0.25, -0.2) is 13.6 Å². The first kappa shape index (κ1) is 11.8. The van der Waals surface area contributed by atoms with Crippen LogP contribution in [0.1, 0.15) is 12.8 Å². The molecule has 2 rings (SSSR count). The number of thioether (sulfide) groups is 1. The van der Waals surface area contributed by atoms with Crippen LogP contribution >= 0.6 is 11.8 Å². The van der Waals surface area contributed by atoms with E-state index in [2.05, 4.69) is 0 Å². The van der Waals surface area contributed by atoms with Crippen LogP contribution in [0.25, 0.3) is 0 Å². The second kappa shape index (κ2) is 4.27. The Morgan fingerprint density at radius 2 is 2.12 bits per heavy atom. The van der Waals surface area contributed by atoms with Crippen molar-refractivity contribution in [1.29, 1.82) is 0 Å². The Hall–Kier alpha value is -0.720. The van der Waals surface area contributed by atoms with E-state index in [9.17, 15) is 8.42 Å². The number of hydrogen-bond donors (Lipinski definition) is 1. The topological polar surface area (TPSA) is 69.4 Å². The number of benzene rings is 1. The van der Waals surface area contributed by atoms with E-state index in [1.54, 1.807) is 12.1 Å². The smallest absolute Gasteiger partial charge is 0.239 e. The standard InChI is InChI=1S/C10H13NO3S2/c1-15-9-5-4-8(14-7-2-3-7)6-10(9)16(11,12)13/h4-7H,2-3H2,1H3,(H2,11,12,13). The first-order valence-corrected chi connectivity index (χ1v) is 7.65. The Morgan fingerprint density at radius 3 is 2.62 bits per heavy atom. The Balaban J connectivity index is 2.37. The van der Waals surface area contributed by atoms with E-state index in [0.29, 0.717) is 10.6 Å². The molecule has 16 heavy (non-hydrogen) atoms. The van der Waals surface area contributed by atoms with Crippen LogP contribution in [0.2, 0.25) is 0 Å². The molecule has 1 saturated carbocycles. The Kier molecular flexibility index (Phi) is 3.14. The molecule has 0 atom stereocenters. The summed E-state index contributed by atoms with van der Waals surface area (Å²) in [5.41, 5.74) is 0. The average Bonchev–Trinajstić information content (AvgIpc) is 3.00. The molecule has 4 nitrogen and oxygen atoms in total. The Morgan fingerprint density at radius 1 is 1.44 bits per heavy atom. The lowest BCUT2D eigenvalue weighted by Crippen LogP contribution is -2.13. The highest BCUT2D eigenvalue weighted by atomic mass is 32.2. The molecular formula is C10H13NO3S2. The zero-order chi connectivity index (χ0) is 11.8. The fourth-order valence-electron chi connectivity index (χ4n) is 1.33. The molecule has 6 heteroatoms. The van der Waals surface area contributed by atoms with Gasteiger partial charge >= 0.3 is 0 Å². The molecule has 1 fully saturated rings. The van der Waals surface area contributed by atoms with E-state index in [1.165, 1.54) is 17.8 Å². The minimum atomic E-state index is -3.68. The lowest BCUT2D eigenvalue weighted by molar-refractivity contribution is 0.302. The highest BCUT2D eigenvalue weighted by Crippen LogP contribution is 2.31. The molecule has 1 aromatic carbocycles.